The van der Waals surface area contributed by atoms with Crippen molar-refractivity contribution in [1.29, 1.82) is 0 Å². The molecule has 0 aliphatic carbocycles. The van der Waals surface area contributed by atoms with Gasteiger partial charge in [0.05, 0.1) is 13.2 Å². The fraction of sp³-hybridized carbons (Fsp3) is 1.00. The summed E-state index contributed by atoms with van der Waals surface area (Å²) in [5.74, 6) is 0. The molecule has 0 saturated carbocycles. The normalized spacial score (nSPS) is 25.8. The van der Waals surface area contributed by atoms with E-state index in [0.29, 0.717) is 25.0 Å². The third-order valence-corrected chi connectivity index (χ3v) is 2.84. The van der Waals surface area contributed by atoms with E-state index in [1.54, 1.807) is 0 Å². The van der Waals surface area contributed by atoms with Gasteiger partial charge in [-0.15, -0.1) is 0 Å². The SMILES string of the molecule is CC(C)(C)[SiH2]OCC1COCO1. The fourth-order valence-corrected chi connectivity index (χ4v) is 1.96. The van der Waals surface area contributed by atoms with E-state index in [4.69, 9.17) is 13.9 Å². The monoisotopic (exact) mass is 190 g/mol. The zero-order valence-electron chi connectivity index (χ0n) is 8.13. The minimum absolute atomic E-state index is 0.180. The zero-order chi connectivity index (χ0) is 9.03. The van der Waals surface area contributed by atoms with Crippen molar-refractivity contribution in [2.45, 2.75) is 31.9 Å². The van der Waals surface area contributed by atoms with Crippen LogP contribution in [0.25, 0.3) is 0 Å². The van der Waals surface area contributed by atoms with E-state index in [0.717, 1.165) is 0 Å². The van der Waals surface area contributed by atoms with Crippen LogP contribution in [0.2, 0.25) is 5.04 Å². The van der Waals surface area contributed by atoms with E-state index in [9.17, 15) is 0 Å². The first-order valence-corrected chi connectivity index (χ1v) is 5.63. The molecule has 0 amide bonds. The molecule has 1 unspecified atom stereocenters. The molecule has 0 bridgehead atoms. The van der Waals surface area contributed by atoms with Crippen LogP contribution in [0.3, 0.4) is 0 Å². The minimum atomic E-state index is -0.420. The molecular formula is C8H18O3Si. The maximum absolute atomic E-state index is 5.62. The molecule has 12 heavy (non-hydrogen) atoms. The van der Waals surface area contributed by atoms with Gasteiger partial charge in [0.25, 0.3) is 0 Å². The van der Waals surface area contributed by atoms with Gasteiger partial charge in [0.1, 0.15) is 12.9 Å². The number of rotatable bonds is 3. The van der Waals surface area contributed by atoms with Gasteiger partial charge in [-0.2, -0.15) is 0 Å². The Morgan fingerprint density at radius 1 is 1.50 bits per heavy atom. The molecular weight excluding hydrogens is 172 g/mol. The summed E-state index contributed by atoms with van der Waals surface area (Å²) in [6, 6.07) is 0. The molecule has 1 atom stereocenters. The fourth-order valence-electron chi connectivity index (χ4n) is 0.965. The predicted octanol–water partition coefficient (Wildman–Crippen LogP) is 0.678. The van der Waals surface area contributed by atoms with Crippen molar-refractivity contribution in [3.8, 4) is 0 Å². The topological polar surface area (TPSA) is 27.7 Å². The van der Waals surface area contributed by atoms with Crippen LogP contribution >= 0.6 is 0 Å². The van der Waals surface area contributed by atoms with Gasteiger partial charge in [-0.1, -0.05) is 20.8 Å². The summed E-state index contributed by atoms with van der Waals surface area (Å²) in [5.41, 5.74) is 0. The number of hydrogen-bond acceptors (Lipinski definition) is 3. The van der Waals surface area contributed by atoms with Crippen molar-refractivity contribution >= 4 is 9.76 Å². The summed E-state index contributed by atoms with van der Waals surface area (Å²) in [7, 11) is -0.420. The van der Waals surface area contributed by atoms with E-state index >= 15 is 0 Å². The van der Waals surface area contributed by atoms with E-state index in [2.05, 4.69) is 20.8 Å². The predicted molar refractivity (Wildman–Crippen MR) is 49.9 cm³/mol. The second-order valence-electron chi connectivity index (χ2n) is 4.35. The smallest absolute Gasteiger partial charge is 0.167 e. The summed E-state index contributed by atoms with van der Waals surface area (Å²) < 4.78 is 15.9. The molecule has 1 rings (SSSR count). The van der Waals surface area contributed by atoms with Crippen molar-refractivity contribution in [3.63, 3.8) is 0 Å². The van der Waals surface area contributed by atoms with Crippen molar-refractivity contribution in [3.05, 3.63) is 0 Å². The lowest BCUT2D eigenvalue weighted by molar-refractivity contribution is 0.0320. The summed E-state index contributed by atoms with van der Waals surface area (Å²) in [4.78, 5) is 0. The average molecular weight is 190 g/mol. The van der Waals surface area contributed by atoms with E-state index in [-0.39, 0.29) is 6.10 Å². The first kappa shape index (κ1) is 10.2. The minimum Gasteiger partial charge on any atom is -0.421 e. The summed E-state index contributed by atoms with van der Waals surface area (Å²) >= 11 is 0. The van der Waals surface area contributed by atoms with Crippen LogP contribution in [0.4, 0.5) is 0 Å². The van der Waals surface area contributed by atoms with Crippen LogP contribution in [-0.2, 0) is 13.9 Å². The van der Waals surface area contributed by atoms with Gasteiger partial charge in [-0.05, 0) is 5.04 Å². The highest BCUT2D eigenvalue weighted by Crippen LogP contribution is 2.20. The van der Waals surface area contributed by atoms with Crippen LogP contribution in [0, 0.1) is 0 Å². The molecule has 4 heteroatoms. The van der Waals surface area contributed by atoms with Crippen LogP contribution < -0.4 is 0 Å². The molecule has 0 aromatic carbocycles. The van der Waals surface area contributed by atoms with Gasteiger partial charge >= 0.3 is 0 Å². The maximum atomic E-state index is 5.62. The molecule has 1 saturated heterocycles. The quantitative estimate of drug-likeness (QED) is 0.613. The first-order valence-electron chi connectivity index (χ1n) is 4.35. The van der Waals surface area contributed by atoms with Gasteiger partial charge in [0, 0.05) is 0 Å². The highest BCUT2D eigenvalue weighted by Gasteiger charge is 2.18. The zero-order valence-corrected chi connectivity index (χ0v) is 9.54. The third-order valence-electron chi connectivity index (χ3n) is 1.53. The molecule has 0 N–H and O–H groups in total. The van der Waals surface area contributed by atoms with Crippen LogP contribution in [0.1, 0.15) is 20.8 Å². The average Bonchev–Trinajstić information content (AvgIpc) is 2.36. The molecule has 1 aliphatic rings. The lowest BCUT2D eigenvalue weighted by Gasteiger charge is -2.18. The summed E-state index contributed by atoms with van der Waals surface area (Å²) in [6.45, 7) is 8.48. The second-order valence-corrected chi connectivity index (χ2v) is 7.17. The van der Waals surface area contributed by atoms with Gasteiger partial charge in [0.2, 0.25) is 0 Å². The molecule has 0 aromatic heterocycles. The van der Waals surface area contributed by atoms with Crippen molar-refractivity contribution < 1.29 is 13.9 Å². The van der Waals surface area contributed by atoms with Crippen molar-refractivity contribution in [1.82, 2.24) is 0 Å². The molecule has 72 valence electrons. The van der Waals surface area contributed by atoms with Crippen LogP contribution in [-0.4, -0.2) is 35.9 Å². The summed E-state index contributed by atoms with van der Waals surface area (Å²) in [6.07, 6.45) is 0.180. The van der Waals surface area contributed by atoms with Crippen LogP contribution in [0.15, 0.2) is 0 Å². The van der Waals surface area contributed by atoms with Gasteiger partial charge in [-0.3, -0.25) is 0 Å². The number of ether oxygens (including phenoxy) is 2. The van der Waals surface area contributed by atoms with Gasteiger partial charge in [0.15, 0.2) is 9.76 Å². The first-order chi connectivity index (χ1) is 5.58. The van der Waals surface area contributed by atoms with Crippen LogP contribution in [0.5, 0.6) is 0 Å². The highest BCUT2D eigenvalue weighted by molar-refractivity contribution is 6.31. The molecule has 1 aliphatic heterocycles. The van der Waals surface area contributed by atoms with Crippen molar-refractivity contribution in [2.75, 3.05) is 20.0 Å². The van der Waals surface area contributed by atoms with Crippen molar-refractivity contribution in [2.24, 2.45) is 0 Å². The summed E-state index contributed by atoms with van der Waals surface area (Å²) in [5, 5.41) is 0.374. The Hall–Kier alpha value is 0.0969. The Morgan fingerprint density at radius 2 is 2.25 bits per heavy atom. The van der Waals surface area contributed by atoms with E-state index in [1.807, 2.05) is 0 Å². The second kappa shape index (κ2) is 4.37. The maximum Gasteiger partial charge on any atom is 0.167 e. The Labute approximate surface area is 76.3 Å². The molecule has 1 fully saturated rings. The largest absolute Gasteiger partial charge is 0.421 e. The third kappa shape index (κ3) is 4.20. The van der Waals surface area contributed by atoms with Gasteiger partial charge < -0.3 is 13.9 Å². The Morgan fingerprint density at radius 3 is 2.75 bits per heavy atom. The molecule has 0 aromatic rings. The Bertz CT molecular complexity index is 127. The van der Waals surface area contributed by atoms with E-state index < -0.39 is 9.76 Å². The molecule has 3 nitrogen and oxygen atoms in total. The Balaban J connectivity index is 2.02. The van der Waals surface area contributed by atoms with E-state index in [1.165, 1.54) is 0 Å². The lowest BCUT2D eigenvalue weighted by Crippen LogP contribution is -2.22. The molecule has 0 radical (unpaired) electrons. The molecule has 1 heterocycles. The highest BCUT2D eigenvalue weighted by atomic mass is 28.2. The molecule has 0 spiro atoms. The Kier molecular flexibility index (Phi) is 3.70. The number of hydrogen-bond donors (Lipinski definition) is 0. The lowest BCUT2D eigenvalue weighted by atomic mass is 10.3. The van der Waals surface area contributed by atoms with Gasteiger partial charge in [-0.25, -0.2) is 0 Å². The standard InChI is InChI=1S/C8H18O3Si/c1-8(2,3)12-11-5-7-4-9-6-10-7/h7H,4-6,12H2,1-3H3.